The number of hydrogen-bond donors (Lipinski definition) is 2. The Morgan fingerprint density at radius 2 is 1.70 bits per heavy atom. The largest absolute Gasteiger partial charge is 0.443 e. The molecule has 1 amide bonds. The molecule has 0 radical (unpaired) electrons. The van der Waals surface area contributed by atoms with Gasteiger partial charge in [0.1, 0.15) is 10.6 Å². The molecule has 6 heteroatoms. The number of rotatable bonds is 2. The second kappa shape index (κ2) is 6.56. The van der Waals surface area contributed by atoms with Crippen LogP contribution in [0.1, 0.15) is 26.3 Å². The van der Waals surface area contributed by atoms with E-state index in [1.165, 1.54) is 0 Å². The van der Waals surface area contributed by atoms with Crippen molar-refractivity contribution >= 4 is 29.0 Å². The topological polar surface area (TPSA) is 53.6 Å². The monoisotopic (exact) mass is 295 g/mol. The molecule has 1 aromatic carbocycles. The fourth-order valence-electron chi connectivity index (χ4n) is 1.39. The number of carbonyl (C=O) groups excluding carboxylic acids is 1. The Labute approximate surface area is 125 Å². The van der Waals surface area contributed by atoms with Gasteiger partial charge in [-0.3, -0.25) is 5.43 Å². The fraction of sp³-hybridized carbons (Fsp3) is 0.429. The van der Waals surface area contributed by atoms with E-state index in [0.717, 1.165) is 11.3 Å². The number of ether oxygens (including phenoxy) is 1. The molecule has 0 fully saturated rings. The zero-order valence-electron chi connectivity index (χ0n) is 12.5. The predicted octanol–water partition coefficient (Wildman–Crippen LogP) is 2.46. The second-order valence-electron chi connectivity index (χ2n) is 5.52. The molecule has 0 aromatic heterocycles. The summed E-state index contributed by atoms with van der Waals surface area (Å²) in [6.45, 7) is 5.39. The zero-order chi connectivity index (χ0) is 15.3. The first kappa shape index (κ1) is 16.2. The minimum absolute atomic E-state index is 0.432. The lowest BCUT2D eigenvalue weighted by Gasteiger charge is -2.20. The van der Waals surface area contributed by atoms with Gasteiger partial charge in [-0.2, -0.15) is 0 Å². The maximum atomic E-state index is 11.5. The van der Waals surface area contributed by atoms with E-state index in [9.17, 15) is 4.79 Å². The smallest absolute Gasteiger partial charge is 0.426 e. The summed E-state index contributed by atoms with van der Waals surface area (Å²) in [7, 11) is 3.94. The fourth-order valence-corrected chi connectivity index (χ4v) is 1.58. The van der Waals surface area contributed by atoms with Crippen molar-refractivity contribution in [3.05, 3.63) is 29.8 Å². The summed E-state index contributed by atoms with van der Waals surface area (Å²) in [6.07, 6.45) is -0.565. The third-order valence-electron chi connectivity index (χ3n) is 2.32. The summed E-state index contributed by atoms with van der Waals surface area (Å²) in [4.78, 5) is 13.9. The lowest BCUT2D eigenvalue weighted by atomic mass is 10.2. The minimum atomic E-state index is -0.565. The first-order valence-electron chi connectivity index (χ1n) is 6.26. The number of carbonyl (C=O) groups is 1. The van der Waals surface area contributed by atoms with Crippen LogP contribution in [0.15, 0.2) is 24.3 Å². The number of hydrazine groups is 1. The van der Waals surface area contributed by atoms with E-state index in [0.29, 0.717) is 4.99 Å². The molecule has 0 saturated heterocycles. The van der Waals surface area contributed by atoms with Crippen molar-refractivity contribution in [2.24, 2.45) is 0 Å². The maximum absolute atomic E-state index is 11.5. The Bertz CT molecular complexity index is 478. The molecular weight excluding hydrogens is 274 g/mol. The van der Waals surface area contributed by atoms with Crippen LogP contribution in [0.2, 0.25) is 0 Å². The highest BCUT2D eigenvalue weighted by atomic mass is 32.1. The molecule has 20 heavy (non-hydrogen) atoms. The van der Waals surface area contributed by atoms with Crippen molar-refractivity contribution in [1.82, 2.24) is 10.9 Å². The van der Waals surface area contributed by atoms with Gasteiger partial charge in [-0.15, -0.1) is 0 Å². The number of benzene rings is 1. The summed E-state index contributed by atoms with van der Waals surface area (Å²) in [5.41, 5.74) is 6.44. The van der Waals surface area contributed by atoms with Crippen LogP contribution in [0.5, 0.6) is 0 Å². The molecular formula is C14H21N3O2S. The molecule has 0 atom stereocenters. The second-order valence-corrected chi connectivity index (χ2v) is 5.93. The zero-order valence-corrected chi connectivity index (χ0v) is 13.3. The average molecular weight is 295 g/mol. The van der Waals surface area contributed by atoms with E-state index < -0.39 is 11.7 Å². The van der Waals surface area contributed by atoms with Crippen molar-refractivity contribution in [2.45, 2.75) is 26.4 Å². The first-order chi connectivity index (χ1) is 9.19. The molecule has 1 rings (SSSR count). The van der Waals surface area contributed by atoms with Gasteiger partial charge in [0.25, 0.3) is 0 Å². The summed E-state index contributed by atoms with van der Waals surface area (Å²) in [5.74, 6) is 0. The molecule has 2 N–H and O–H groups in total. The third kappa shape index (κ3) is 5.44. The highest BCUT2D eigenvalue weighted by Crippen LogP contribution is 2.12. The molecule has 0 saturated carbocycles. The van der Waals surface area contributed by atoms with Crippen molar-refractivity contribution < 1.29 is 9.53 Å². The van der Waals surface area contributed by atoms with Crippen LogP contribution >= 0.6 is 12.2 Å². The quantitative estimate of drug-likeness (QED) is 0.648. The molecule has 0 aliphatic heterocycles. The molecule has 0 bridgehead atoms. The lowest BCUT2D eigenvalue weighted by Crippen LogP contribution is -2.43. The highest BCUT2D eigenvalue weighted by molar-refractivity contribution is 7.80. The van der Waals surface area contributed by atoms with Crippen molar-refractivity contribution in [3.63, 3.8) is 0 Å². The van der Waals surface area contributed by atoms with E-state index in [2.05, 4.69) is 10.9 Å². The van der Waals surface area contributed by atoms with Crippen molar-refractivity contribution in [3.8, 4) is 0 Å². The van der Waals surface area contributed by atoms with Crippen LogP contribution < -0.4 is 15.8 Å². The lowest BCUT2D eigenvalue weighted by molar-refractivity contribution is 0.0513. The summed E-state index contributed by atoms with van der Waals surface area (Å²) >= 11 is 5.19. The Morgan fingerprint density at radius 3 is 2.15 bits per heavy atom. The number of nitrogens with zero attached hydrogens (tertiary/aromatic N) is 1. The number of amides is 1. The van der Waals surface area contributed by atoms with Gasteiger partial charge in [0.15, 0.2) is 0 Å². The van der Waals surface area contributed by atoms with Gasteiger partial charge >= 0.3 is 6.09 Å². The summed E-state index contributed by atoms with van der Waals surface area (Å²) in [6, 6.07) is 7.69. The van der Waals surface area contributed by atoms with E-state index >= 15 is 0 Å². The van der Waals surface area contributed by atoms with Crippen molar-refractivity contribution in [2.75, 3.05) is 19.0 Å². The van der Waals surface area contributed by atoms with Gasteiger partial charge in [0.2, 0.25) is 0 Å². The third-order valence-corrected chi connectivity index (χ3v) is 2.66. The average Bonchev–Trinajstić information content (AvgIpc) is 2.34. The molecule has 1 aromatic rings. The van der Waals surface area contributed by atoms with Gasteiger partial charge in [-0.05, 0) is 45.0 Å². The normalized spacial score (nSPS) is 10.7. The number of hydrogen-bond acceptors (Lipinski definition) is 4. The highest BCUT2D eigenvalue weighted by Gasteiger charge is 2.16. The van der Waals surface area contributed by atoms with Crippen LogP contribution in [-0.4, -0.2) is 30.8 Å². The van der Waals surface area contributed by atoms with E-state index in [1.54, 1.807) is 20.8 Å². The number of thiocarbonyl (C=S) groups is 1. The molecule has 5 nitrogen and oxygen atoms in total. The van der Waals surface area contributed by atoms with Crippen LogP contribution in [0, 0.1) is 0 Å². The molecule has 0 heterocycles. The molecule has 110 valence electrons. The Kier molecular flexibility index (Phi) is 5.33. The SMILES string of the molecule is CN(C)c1ccc(C(=S)NNC(=O)OC(C)(C)C)cc1. The standard InChI is InChI=1S/C14H21N3O2S/c1-14(2,3)19-13(18)16-15-12(20)10-6-8-11(9-7-10)17(4)5/h6-9H,1-5H3,(H,15,20)(H,16,18). The van der Waals surface area contributed by atoms with E-state index in [-0.39, 0.29) is 0 Å². The van der Waals surface area contributed by atoms with Gasteiger partial charge in [0, 0.05) is 25.3 Å². The van der Waals surface area contributed by atoms with Crippen LogP contribution in [-0.2, 0) is 4.74 Å². The van der Waals surface area contributed by atoms with Crippen molar-refractivity contribution in [1.29, 1.82) is 0 Å². The van der Waals surface area contributed by atoms with Gasteiger partial charge in [0.05, 0.1) is 0 Å². The Morgan fingerprint density at radius 1 is 1.15 bits per heavy atom. The molecule has 0 unspecified atom stereocenters. The first-order valence-corrected chi connectivity index (χ1v) is 6.66. The molecule has 0 aliphatic rings. The van der Waals surface area contributed by atoms with Crippen LogP contribution in [0.3, 0.4) is 0 Å². The van der Waals surface area contributed by atoms with Crippen LogP contribution in [0.25, 0.3) is 0 Å². The summed E-state index contributed by atoms with van der Waals surface area (Å²) in [5, 5.41) is 0. The number of anilines is 1. The number of nitrogens with one attached hydrogen (secondary N) is 2. The summed E-state index contributed by atoms with van der Waals surface area (Å²) < 4.78 is 5.10. The Hall–Kier alpha value is -1.82. The van der Waals surface area contributed by atoms with Gasteiger partial charge < -0.3 is 9.64 Å². The van der Waals surface area contributed by atoms with E-state index in [4.69, 9.17) is 17.0 Å². The molecule has 0 spiro atoms. The Balaban J connectivity index is 2.53. The van der Waals surface area contributed by atoms with Gasteiger partial charge in [-0.1, -0.05) is 12.2 Å². The predicted molar refractivity (Wildman–Crippen MR) is 85.0 cm³/mol. The molecule has 0 aliphatic carbocycles. The van der Waals surface area contributed by atoms with E-state index in [1.807, 2.05) is 43.3 Å². The van der Waals surface area contributed by atoms with Gasteiger partial charge in [-0.25, -0.2) is 10.2 Å². The van der Waals surface area contributed by atoms with Crippen LogP contribution in [0.4, 0.5) is 10.5 Å². The minimum Gasteiger partial charge on any atom is -0.443 e. The maximum Gasteiger partial charge on any atom is 0.426 e.